The Morgan fingerprint density at radius 1 is 1.18 bits per heavy atom. The number of rotatable bonds is 9. The fourth-order valence-corrected chi connectivity index (χ4v) is 6.28. The van der Waals surface area contributed by atoms with Crippen molar-refractivity contribution in [3.05, 3.63) is 35.9 Å². The number of ether oxygens (including phenoxy) is 1. The number of carbonyl (C=O) groups excluding carboxylic acids is 3. The molecule has 3 aliphatic heterocycles. The maximum absolute atomic E-state index is 14.0. The second-order valence-electron chi connectivity index (χ2n) is 10.5. The van der Waals surface area contributed by atoms with Crippen LogP contribution in [0.2, 0.25) is 0 Å². The van der Waals surface area contributed by atoms with Crippen molar-refractivity contribution in [3.63, 3.8) is 0 Å². The van der Waals surface area contributed by atoms with Gasteiger partial charge in [-0.2, -0.15) is 0 Å². The van der Waals surface area contributed by atoms with Crippen molar-refractivity contribution in [2.24, 2.45) is 17.8 Å². The van der Waals surface area contributed by atoms with Crippen LogP contribution in [0.4, 0.5) is 0 Å². The van der Waals surface area contributed by atoms with Crippen LogP contribution in [-0.2, 0) is 25.7 Å². The van der Waals surface area contributed by atoms with Crippen LogP contribution in [-0.4, -0.2) is 64.2 Å². The summed E-state index contributed by atoms with van der Waals surface area (Å²) in [5.74, 6) is -2.26. The highest BCUT2D eigenvalue weighted by molar-refractivity contribution is 5.99. The summed E-state index contributed by atoms with van der Waals surface area (Å²) in [7, 11) is 0. The smallest absolute Gasteiger partial charge is 0.246 e. The molecule has 3 fully saturated rings. The van der Waals surface area contributed by atoms with Crippen LogP contribution in [0.1, 0.15) is 52.5 Å². The van der Waals surface area contributed by atoms with E-state index in [9.17, 15) is 19.5 Å². The van der Waals surface area contributed by atoms with Crippen molar-refractivity contribution in [1.29, 1.82) is 0 Å². The van der Waals surface area contributed by atoms with Gasteiger partial charge in [0.05, 0.1) is 30.1 Å². The van der Waals surface area contributed by atoms with Gasteiger partial charge in [0.25, 0.3) is 0 Å². The lowest BCUT2D eigenvalue weighted by molar-refractivity contribution is -0.150. The number of aliphatic hydroxyl groups is 1. The standard InChI is InChI=1S/C26H37N3O5/c1-5-13-27-22(31)19-20-24(33)29(18(15-30)16(2)3)21(26(20)12-11-25(19,4)34-26)23(32)28-14-17-9-7-6-8-10-17/h6-10,16,18-21,30H,5,11-15H2,1-4H3,(H,27,31)(H,28,32)/t18-,19+,20-,21?,25-,26?/m0/s1. The van der Waals surface area contributed by atoms with E-state index in [0.717, 1.165) is 12.0 Å². The van der Waals surface area contributed by atoms with Crippen molar-refractivity contribution in [2.75, 3.05) is 13.2 Å². The topological polar surface area (TPSA) is 108 Å². The molecular weight excluding hydrogens is 434 g/mol. The molecule has 8 heteroatoms. The molecule has 3 saturated heterocycles. The summed E-state index contributed by atoms with van der Waals surface area (Å²) < 4.78 is 6.58. The number of benzene rings is 1. The normalized spacial score (nSPS) is 32.7. The van der Waals surface area contributed by atoms with Gasteiger partial charge in [0.1, 0.15) is 11.6 Å². The van der Waals surface area contributed by atoms with E-state index in [1.807, 2.05) is 58.0 Å². The Morgan fingerprint density at radius 2 is 1.88 bits per heavy atom. The Morgan fingerprint density at radius 3 is 2.50 bits per heavy atom. The quantitative estimate of drug-likeness (QED) is 0.507. The third-order valence-corrected chi connectivity index (χ3v) is 7.92. The Kier molecular flexibility index (Phi) is 6.75. The summed E-state index contributed by atoms with van der Waals surface area (Å²) in [6.45, 7) is 8.29. The number of nitrogens with zero attached hydrogens (tertiary/aromatic N) is 1. The van der Waals surface area contributed by atoms with E-state index in [2.05, 4.69) is 10.6 Å². The summed E-state index contributed by atoms with van der Waals surface area (Å²) >= 11 is 0. The number of hydrogen-bond donors (Lipinski definition) is 3. The van der Waals surface area contributed by atoms with Crippen LogP contribution in [0.5, 0.6) is 0 Å². The lowest BCUT2D eigenvalue weighted by Gasteiger charge is -2.38. The number of carbonyl (C=O) groups is 3. The largest absolute Gasteiger partial charge is 0.394 e. The second kappa shape index (κ2) is 9.30. The molecule has 186 valence electrons. The lowest BCUT2D eigenvalue weighted by atomic mass is 9.66. The molecule has 6 atom stereocenters. The summed E-state index contributed by atoms with van der Waals surface area (Å²) in [4.78, 5) is 42.5. The highest BCUT2D eigenvalue weighted by Gasteiger charge is 2.78. The molecular formula is C26H37N3O5. The van der Waals surface area contributed by atoms with Gasteiger partial charge in [0.15, 0.2) is 0 Å². The van der Waals surface area contributed by atoms with Crippen molar-refractivity contribution >= 4 is 17.7 Å². The zero-order chi connectivity index (χ0) is 24.7. The van der Waals surface area contributed by atoms with Crippen LogP contribution in [0.15, 0.2) is 30.3 Å². The third-order valence-electron chi connectivity index (χ3n) is 7.92. The van der Waals surface area contributed by atoms with Gasteiger partial charge in [0, 0.05) is 13.1 Å². The molecule has 3 amide bonds. The number of aliphatic hydroxyl groups excluding tert-OH is 1. The molecule has 1 aromatic carbocycles. The fourth-order valence-electron chi connectivity index (χ4n) is 6.28. The predicted octanol–water partition coefficient (Wildman–Crippen LogP) is 1.61. The van der Waals surface area contributed by atoms with E-state index >= 15 is 0 Å². The van der Waals surface area contributed by atoms with Gasteiger partial charge in [-0.05, 0) is 37.7 Å². The molecule has 0 aliphatic carbocycles. The first-order chi connectivity index (χ1) is 16.2. The summed E-state index contributed by atoms with van der Waals surface area (Å²) in [6, 6.07) is 8.13. The van der Waals surface area contributed by atoms with Crippen LogP contribution in [0.3, 0.4) is 0 Å². The second-order valence-corrected chi connectivity index (χ2v) is 10.5. The number of hydrogen-bond acceptors (Lipinski definition) is 5. The van der Waals surface area contributed by atoms with E-state index in [4.69, 9.17) is 4.74 Å². The number of likely N-dealkylation sites (tertiary alicyclic amines) is 1. The molecule has 8 nitrogen and oxygen atoms in total. The fraction of sp³-hybridized carbons (Fsp3) is 0.654. The lowest BCUT2D eigenvalue weighted by Crippen LogP contribution is -2.58. The van der Waals surface area contributed by atoms with E-state index in [0.29, 0.717) is 25.9 Å². The van der Waals surface area contributed by atoms with Crippen molar-refractivity contribution in [2.45, 2.75) is 76.8 Å². The molecule has 2 unspecified atom stereocenters. The molecule has 3 aliphatic rings. The van der Waals surface area contributed by atoms with Gasteiger partial charge in [-0.1, -0.05) is 51.1 Å². The Hall–Kier alpha value is -2.45. The highest BCUT2D eigenvalue weighted by atomic mass is 16.5. The molecule has 2 bridgehead atoms. The van der Waals surface area contributed by atoms with E-state index < -0.39 is 35.1 Å². The minimum atomic E-state index is -1.08. The molecule has 34 heavy (non-hydrogen) atoms. The maximum Gasteiger partial charge on any atom is 0.246 e. The van der Waals surface area contributed by atoms with E-state index in [1.165, 1.54) is 4.90 Å². The monoisotopic (exact) mass is 471 g/mol. The number of nitrogens with one attached hydrogen (secondary N) is 2. The zero-order valence-corrected chi connectivity index (χ0v) is 20.5. The van der Waals surface area contributed by atoms with Crippen LogP contribution >= 0.6 is 0 Å². The third kappa shape index (κ3) is 3.81. The van der Waals surface area contributed by atoms with Gasteiger partial charge in [-0.3, -0.25) is 14.4 Å². The summed E-state index contributed by atoms with van der Waals surface area (Å²) in [5.41, 5.74) is -0.929. The SMILES string of the molecule is CCCNC(=O)[C@H]1[C@H]2C(=O)N([C@@H](CO)C(C)C)C(C(=O)NCc3ccccc3)C23CC[C@]1(C)O3. The van der Waals surface area contributed by atoms with Gasteiger partial charge in [-0.15, -0.1) is 0 Å². The average molecular weight is 472 g/mol. The molecule has 0 saturated carbocycles. The van der Waals surface area contributed by atoms with Gasteiger partial charge >= 0.3 is 0 Å². The van der Waals surface area contributed by atoms with Crippen LogP contribution in [0, 0.1) is 17.8 Å². The number of amides is 3. The number of fused-ring (bicyclic) bond motifs is 1. The molecule has 3 N–H and O–H groups in total. The minimum absolute atomic E-state index is 0.0752. The first kappa shape index (κ1) is 24.7. The van der Waals surface area contributed by atoms with Crippen molar-refractivity contribution in [3.8, 4) is 0 Å². The van der Waals surface area contributed by atoms with Crippen molar-refractivity contribution in [1.82, 2.24) is 15.5 Å². The minimum Gasteiger partial charge on any atom is -0.394 e. The average Bonchev–Trinajstić information content (AvgIpc) is 3.38. The van der Waals surface area contributed by atoms with Gasteiger partial charge in [-0.25, -0.2) is 0 Å². The summed E-state index contributed by atoms with van der Waals surface area (Å²) in [5, 5.41) is 16.2. The first-order valence-electron chi connectivity index (χ1n) is 12.4. The Labute approximate surface area is 201 Å². The highest BCUT2D eigenvalue weighted by Crippen LogP contribution is 2.63. The first-order valence-corrected chi connectivity index (χ1v) is 12.4. The Balaban J connectivity index is 1.71. The Bertz CT molecular complexity index is 938. The zero-order valence-electron chi connectivity index (χ0n) is 20.5. The van der Waals surface area contributed by atoms with Gasteiger partial charge in [0.2, 0.25) is 17.7 Å². The van der Waals surface area contributed by atoms with Crippen molar-refractivity contribution < 1.29 is 24.2 Å². The van der Waals surface area contributed by atoms with Crippen LogP contribution < -0.4 is 10.6 Å². The summed E-state index contributed by atoms with van der Waals surface area (Å²) in [6.07, 6.45) is 1.91. The molecule has 1 spiro atoms. The molecule has 0 radical (unpaired) electrons. The molecule has 4 rings (SSSR count). The molecule has 1 aromatic rings. The van der Waals surface area contributed by atoms with E-state index in [1.54, 1.807) is 0 Å². The maximum atomic E-state index is 14.0. The molecule has 3 heterocycles. The molecule has 0 aromatic heterocycles. The predicted molar refractivity (Wildman–Crippen MR) is 126 cm³/mol. The van der Waals surface area contributed by atoms with Crippen LogP contribution in [0.25, 0.3) is 0 Å². The van der Waals surface area contributed by atoms with E-state index in [-0.39, 0.29) is 30.2 Å². The van der Waals surface area contributed by atoms with Gasteiger partial charge < -0.3 is 25.4 Å².